The average Bonchev–Trinajstić information content (AvgIpc) is 2.89. The molecule has 1 aromatic heterocycles. The molecule has 2 atom stereocenters. The summed E-state index contributed by atoms with van der Waals surface area (Å²) in [7, 11) is 0. The molecule has 0 aliphatic heterocycles. The van der Waals surface area contributed by atoms with Crippen molar-refractivity contribution >= 4 is 11.3 Å². The summed E-state index contributed by atoms with van der Waals surface area (Å²) in [5, 5.41) is 26.0. The molecule has 2 rings (SSSR count). The molecule has 0 amide bonds. The number of aromatic hydroxyl groups is 2. The zero-order valence-corrected chi connectivity index (χ0v) is 11.8. The number of phenols is 2. The standard InChI is InChI=1S/C14H18N2O2S/c1-9(14-15-6-7-19-14)8-16-10(2)13-11(17)4-3-5-12(13)18/h3-7,9-10,16-18H,8H2,1-2H3. The van der Waals surface area contributed by atoms with E-state index >= 15 is 0 Å². The molecule has 0 fully saturated rings. The molecule has 1 aromatic carbocycles. The van der Waals surface area contributed by atoms with Crippen LogP contribution in [0.5, 0.6) is 11.5 Å². The summed E-state index contributed by atoms with van der Waals surface area (Å²) in [5.41, 5.74) is 0.536. The third-order valence-corrected chi connectivity index (χ3v) is 4.10. The Hall–Kier alpha value is -1.59. The Labute approximate surface area is 116 Å². The lowest BCUT2D eigenvalue weighted by Gasteiger charge is -2.18. The first-order valence-corrected chi connectivity index (χ1v) is 7.11. The zero-order valence-electron chi connectivity index (χ0n) is 11.0. The third kappa shape index (κ3) is 3.24. The lowest BCUT2D eigenvalue weighted by molar-refractivity contribution is 0.416. The maximum Gasteiger partial charge on any atom is 0.124 e. The Morgan fingerprint density at radius 2 is 1.95 bits per heavy atom. The molecule has 2 unspecified atom stereocenters. The number of phenolic OH excluding ortho intramolecular Hbond substituents is 2. The normalized spacial score (nSPS) is 14.2. The number of benzene rings is 1. The number of hydrogen-bond donors (Lipinski definition) is 3. The van der Waals surface area contributed by atoms with Crippen molar-refractivity contribution in [2.24, 2.45) is 0 Å². The highest BCUT2D eigenvalue weighted by atomic mass is 32.1. The van der Waals surface area contributed by atoms with Crippen LogP contribution in [0.4, 0.5) is 0 Å². The number of nitrogens with one attached hydrogen (secondary N) is 1. The van der Waals surface area contributed by atoms with Crippen LogP contribution in [-0.4, -0.2) is 21.7 Å². The molecule has 19 heavy (non-hydrogen) atoms. The molecule has 0 aliphatic rings. The minimum Gasteiger partial charge on any atom is -0.507 e. The number of aromatic nitrogens is 1. The summed E-state index contributed by atoms with van der Waals surface area (Å²) in [6, 6.07) is 4.66. The van der Waals surface area contributed by atoms with E-state index in [9.17, 15) is 10.2 Å². The molecule has 0 bridgehead atoms. The van der Waals surface area contributed by atoms with Gasteiger partial charge in [-0.3, -0.25) is 0 Å². The van der Waals surface area contributed by atoms with Crippen LogP contribution >= 0.6 is 11.3 Å². The van der Waals surface area contributed by atoms with E-state index in [0.29, 0.717) is 11.5 Å². The maximum atomic E-state index is 9.80. The van der Waals surface area contributed by atoms with E-state index in [1.807, 2.05) is 12.3 Å². The van der Waals surface area contributed by atoms with Gasteiger partial charge in [0.1, 0.15) is 11.5 Å². The molecule has 102 valence electrons. The molecule has 0 radical (unpaired) electrons. The van der Waals surface area contributed by atoms with Gasteiger partial charge in [-0.25, -0.2) is 4.98 Å². The van der Waals surface area contributed by atoms with Crippen LogP contribution in [-0.2, 0) is 0 Å². The lowest BCUT2D eigenvalue weighted by atomic mass is 10.0. The third-order valence-electron chi connectivity index (χ3n) is 3.10. The Morgan fingerprint density at radius 3 is 2.53 bits per heavy atom. The van der Waals surface area contributed by atoms with Gasteiger partial charge in [-0.15, -0.1) is 11.3 Å². The lowest BCUT2D eigenvalue weighted by Crippen LogP contribution is -2.23. The SMILES string of the molecule is CC(CNC(C)c1c(O)cccc1O)c1nccs1. The highest BCUT2D eigenvalue weighted by Crippen LogP contribution is 2.32. The second kappa shape index (κ2) is 6.04. The van der Waals surface area contributed by atoms with Crippen molar-refractivity contribution in [3.05, 3.63) is 40.3 Å². The fraction of sp³-hybridized carbons (Fsp3) is 0.357. The van der Waals surface area contributed by atoms with Crippen LogP contribution in [0.1, 0.15) is 36.4 Å². The van der Waals surface area contributed by atoms with E-state index in [-0.39, 0.29) is 17.5 Å². The van der Waals surface area contributed by atoms with Crippen molar-refractivity contribution in [1.29, 1.82) is 0 Å². The van der Waals surface area contributed by atoms with Crippen molar-refractivity contribution in [2.75, 3.05) is 6.54 Å². The van der Waals surface area contributed by atoms with Gasteiger partial charge >= 0.3 is 0 Å². The minimum atomic E-state index is -0.122. The summed E-state index contributed by atoms with van der Waals surface area (Å²) in [6.07, 6.45) is 1.80. The maximum absolute atomic E-state index is 9.80. The Bertz CT molecular complexity index is 508. The Kier molecular flexibility index (Phi) is 4.39. The van der Waals surface area contributed by atoms with E-state index in [0.717, 1.165) is 11.6 Å². The summed E-state index contributed by atoms with van der Waals surface area (Å²) >= 11 is 1.63. The van der Waals surface area contributed by atoms with Gasteiger partial charge in [-0.05, 0) is 19.1 Å². The van der Waals surface area contributed by atoms with Gasteiger partial charge in [-0.2, -0.15) is 0 Å². The van der Waals surface area contributed by atoms with Crippen molar-refractivity contribution in [3.8, 4) is 11.5 Å². The van der Waals surface area contributed by atoms with E-state index in [2.05, 4.69) is 17.2 Å². The molecule has 2 aromatic rings. The van der Waals surface area contributed by atoms with Gasteiger partial charge in [0.15, 0.2) is 0 Å². The minimum absolute atomic E-state index is 0.113. The fourth-order valence-corrected chi connectivity index (χ4v) is 2.70. The summed E-state index contributed by atoms with van der Waals surface area (Å²) in [4.78, 5) is 4.28. The molecular formula is C14H18N2O2S. The first-order valence-electron chi connectivity index (χ1n) is 6.23. The molecule has 3 N–H and O–H groups in total. The van der Waals surface area contributed by atoms with E-state index in [4.69, 9.17) is 0 Å². The molecule has 0 aliphatic carbocycles. The number of hydrogen-bond acceptors (Lipinski definition) is 5. The molecular weight excluding hydrogens is 260 g/mol. The largest absolute Gasteiger partial charge is 0.507 e. The molecule has 0 saturated carbocycles. The van der Waals surface area contributed by atoms with Crippen molar-refractivity contribution in [3.63, 3.8) is 0 Å². The van der Waals surface area contributed by atoms with E-state index < -0.39 is 0 Å². The van der Waals surface area contributed by atoms with Gasteiger partial charge in [0.05, 0.1) is 10.6 Å². The van der Waals surface area contributed by atoms with Gasteiger partial charge in [0, 0.05) is 30.1 Å². The smallest absolute Gasteiger partial charge is 0.124 e. The van der Waals surface area contributed by atoms with Crippen LogP contribution in [0.2, 0.25) is 0 Å². The molecule has 5 heteroatoms. The quantitative estimate of drug-likeness (QED) is 0.786. The van der Waals surface area contributed by atoms with Crippen LogP contribution in [0.25, 0.3) is 0 Å². The van der Waals surface area contributed by atoms with Crippen molar-refractivity contribution in [2.45, 2.75) is 25.8 Å². The fourth-order valence-electron chi connectivity index (χ4n) is 2.01. The number of thiazole rings is 1. The van der Waals surface area contributed by atoms with Gasteiger partial charge in [0.2, 0.25) is 0 Å². The van der Waals surface area contributed by atoms with Gasteiger partial charge in [-0.1, -0.05) is 13.0 Å². The van der Waals surface area contributed by atoms with Crippen LogP contribution < -0.4 is 5.32 Å². The van der Waals surface area contributed by atoms with E-state index in [1.165, 1.54) is 0 Å². The predicted octanol–water partition coefficient (Wildman–Crippen LogP) is 3.01. The summed E-state index contributed by atoms with van der Waals surface area (Å²) in [6.45, 7) is 4.76. The van der Waals surface area contributed by atoms with Crippen LogP contribution in [0, 0.1) is 0 Å². The first-order chi connectivity index (χ1) is 9.09. The van der Waals surface area contributed by atoms with E-state index in [1.54, 1.807) is 35.7 Å². The summed E-state index contributed by atoms with van der Waals surface area (Å²) < 4.78 is 0. The number of nitrogens with zero attached hydrogens (tertiary/aromatic N) is 1. The second-order valence-corrected chi connectivity index (χ2v) is 5.54. The van der Waals surface area contributed by atoms with Crippen LogP contribution in [0.15, 0.2) is 29.8 Å². The molecule has 0 saturated heterocycles. The monoisotopic (exact) mass is 278 g/mol. The topological polar surface area (TPSA) is 65.4 Å². The van der Waals surface area contributed by atoms with Crippen molar-refractivity contribution < 1.29 is 10.2 Å². The zero-order chi connectivity index (χ0) is 13.8. The van der Waals surface area contributed by atoms with Gasteiger partial charge in [0.25, 0.3) is 0 Å². The second-order valence-electron chi connectivity index (χ2n) is 4.61. The number of rotatable bonds is 5. The Morgan fingerprint density at radius 1 is 1.26 bits per heavy atom. The molecule has 1 heterocycles. The van der Waals surface area contributed by atoms with Gasteiger partial charge < -0.3 is 15.5 Å². The molecule has 0 spiro atoms. The first kappa shape index (κ1) is 13.8. The highest BCUT2D eigenvalue weighted by Gasteiger charge is 2.16. The predicted molar refractivity (Wildman–Crippen MR) is 76.7 cm³/mol. The average molecular weight is 278 g/mol. The summed E-state index contributed by atoms with van der Waals surface area (Å²) in [5.74, 6) is 0.527. The Balaban J connectivity index is 2.00. The van der Waals surface area contributed by atoms with Crippen LogP contribution in [0.3, 0.4) is 0 Å². The highest BCUT2D eigenvalue weighted by molar-refractivity contribution is 7.09. The molecule has 4 nitrogen and oxygen atoms in total. The van der Waals surface area contributed by atoms with Crippen molar-refractivity contribution in [1.82, 2.24) is 10.3 Å².